The predicted octanol–water partition coefficient (Wildman–Crippen LogP) is 11.3. The summed E-state index contributed by atoms with van der Waals surface area (Å²) in [5.41, 5.74) is 8.98. The van der Waals surface area contributed by atoms with Gasteiger partial charge in [0, 0.05) is 33.0 Å². The van der Waals surface area contributed by atoms with Gasteiger partial charge >= 0.3 is 0 Å². The second-order valence-electron chi connectivity index (χ2n) is 11.7. The molecular formula is C43H27N3O. The summed E-state index contributed by atoms with van der Waals surface area (Å²) in [7, 11) is 0. The highest BCUT2D eigenvalue weighted by Gasteiger charge is 2.17. The van der Waals surface area contributed by atoms with Crippen molar-refractivity contribution in [1.82, 2.24) is 15.0 Å². The van der Waals surface area contributed by atoms with E-state index in [9.17, 15) is 0 Å². The summed E-state index contributed by atoms with van der Waals surface area (Å²) in [6.07, 6.45) is 0. The highest BCUT2D eigenvalue weighted by molar-refractivity contribution is 6.10. The molecule has 0 spiro atoms. The molecule has 0 N–H and O–H groups in total. The van der Waals surface area contributed by atoms with Crippen molar-refractivity contribution in [2.75, 3.05) is 0 Å². The van der Waals surface area contributed by atoms with Crippen molar-refractivity contribution in [2.45, 2.75) is 0 Å². The first kappa shape index (κ1) is 27.0. The number of nitrogens with zero attached hydrogens (tertiary/aromatic N) is 3. The lowest BCUT2D eigenvalue weighted by Crippen LogP contribution is -2.00. The Kier molecular flexibility index (Phi) is 6.43. The first-order chi connectivity index (χ1) is 23.3. The molecule has 0 aliphatic rings. The van der Waals surface area contributed by atoms with Crippen molar-refractivity contribution in [1.29, 1.82) is 0 Å². The van der Waals surface area contributed by atoms with Gasteiger partial charge in [-0.3, -0.25) is 0 Å². The minimum atomic E-state index is 0.612. The summed E-state index contributed by atoms with van der Waals surface area (Å²) in [6.45, 7) is 0. The van der Waals surface area contributed by atoms with Gasteiger partial charge in [-0.1, -0.05) is 140 Å². The minimum Gasteiger partial charge on any atom is -0.455 e. The van der Waals surface area contributed by atoms with Crippen LogP contribution in [0, 0.1) is 0 Å². The molecule has 4 heteroatoms. The number of hydrogen-bond acceptors (Lipinski definition) is 4. The largest absolute Gasteiger partial charge is 0.455 e. The van der Waals surface area contributed by atoms with E-state index in [2.05, 4.69) is 140 Å². The maximum absolute atomic E-state index is 6.45. The van der Waals surface area contributed by atoms with Crippen LogP contribution in [0.15, 0.2) is 168 Å². The SMILES string of the molecule is c1ccc(-c2ccc(-c3nc(-c4ccc5ccccc5c4)nc(-c4ccc5oc6c(-c7ccccc7)cccc6c5c4)n3)cc2)cc1. The molecule has 7 aromatic carbocycles. The summed E-state index contributed by atoms with van der Waals surface area (Å²) in [5.74, 6) is 1.87. The number of benzene rings is 7. The van der Waals surface area contributed by atoms with Crippen LogP contribution in [0.5, 0.6) is 0 Å². The Morgan fingerprint density at radius 3 is 1.64 bits per heavy atom. The summed E-state index contributed by atoms with van der Waals surface area (Å²) in [5, 5.41) is 4.40. The normalized spacial score (nSPS) is 11.4. The van der Waals surface area contributed by atoms with Gasteiger partial charge in [0.25, 0.3) is 0 Å². The highest BCUT2D eigenvalue weighted by Crippen LogP contribution is 2.37. The van der Waals surface area contributed by atoms with Crippen LogP contribution >= 0.6 is 0 Å². The smallest absolute Gasteiger partial charge is 0.164 e. The second-order valence-corrected chi connectivity index (χ2v) is 11.7. The summed E-state index contributed by atoms with van der Waals surface area (Å²) >= 11 is 0. The Bertz CT molecular complexity index is 2550. The number of fused-ring (bicyclic) bond motifs is 4. The van der Waals surface area contributed by atoms with Gasteiger partial charge in [-0.2, -0.15) is 0 Å². The molecule has 0 amide bonds. The van der Waals surface area contributed by atoms with Gasteiger partial charge in [-0.05, 0) is 51.7 Å². The zero-order valence-corrected chi connectivity index (χ0v) is 25.3. The Morgan fingerprint density at radius 2 is 0.894 bits per heavy atom. The van der Waals surface area contributed by atoms with Crippen LogP contribution in [0.1, 0.15) is 0 Å². The van der Waals surface area contributed by atoms with E-state index in [1.54, 1.807) is 0 Å². The zero-order chi connectivity index (χ0) is 31.2. The van der Waals surface area contributed by atoms with Crippen LogP contribution in [0.25, 0.3) is 89.1 Å². The molecule has 4 nitrogen and oxygen atoms in total. The van der Waals surface area contributed by atoms with Crippen molar-refractivity contribution in [3.8, 4) is 56.4 Å². The average Bonchev–Trinajstić information content (AvgIpc) is 3.53. The van der Waals surface area contributed by atoms with E-state index in [1.807, 2.05) is 24.3 Å². The van der Waals surface area contributed by atoms with Crippen LogP contribution < -0.4 is 0 Å². The van der Waals surface area contributed by atoms with E-state index >= 15 is 0 Å². The van der Waals surface area contributed by atoms with E-state index in [4.69, 9.17) is 19.4 Å². The van der Waals surface area contributed by atoms with E-state index in [0.717, 1.165) is 60.7 Å². The molecule has 2 heterocycles. The van der Waals surface area contributed by atoms with Gasteiger partial charge in [0.2, 0.25) is 0 Å². The standard InChI is InChI=1S/C43H27N3O/c1-3-10-28(11-4-1)30-18-21-32(22-19-30)41-44-42(34-23-20-29-12-7-8-15-33(29)26-34)46-43(45-41)35-24-25-39-38(27-35)37-17-9-16-36(40(37)47-39)31-13-5-2-6-14-31/h1-27H. The Morgan fingerprint density at radius 1 is 0.340 bits per heavy atom. The molecule has 0 radical (unpaired) electrons. The number of aromatic nitrogens is 3. The van der Waals surface area contributed by atoms with Crippen molar-refractivity contribution in [3.63, 3.8) is 0 Å². The van der Waals surface area contributed by atoms with Gasteiger partial charge in [0.15, 0.2) is 17.5 Å². The van der Waals surface area contributed by atoms with Crippen molar-refractivity contribution >= 4 is 32.7 Å². The predicted molar refractivity (Wildman–Crippen MR) is 192 cm³/mol. The fourth-order valence-electron chi connectivity index (χ4n) is 6.32. The molecule has 2 aromatic heterocycles. The molecule has 9 rings (SSSR count). The summed E-state index contributed by atoms with van der Waals surface area (Å²) < 4.78 is 6.45. The maximum atomic E-state index is 6.45. The minimum absolute atomic E-state index is 0.612. The van der Waals surface area contributed by atoms with Gasteiger partial charge in [0.05, 0.1) is 0 Å². The molecule has 0 atom stereocenters. The summed E-state index contributed by atoms with van der Waals surface area (Å²) in [4.78, 5) is 15.1. The van der Waals surface area contributed by atoms with Gasteiger partial charge in [-0.25, -0.2) is 15.0 Å². The molecule has 0 fully saturated rings. The Balaban J connectivity index is 1.20. The molecule has 0 bridgehead atoms. The lowest BCUT2D eigenvalue weighted by atomic mass is 10.0. The Labute approximate surface area is 271 Å². The van der Waals surface area contributed by atoms with E-state index in [0.29, 0.717) is 17.5 Å². The third kappa shape index (κ3) is 4.93. The fourth-order valence-corrected chi connectivity index (χ4v) is 6.32. The molecule has 9 aromatic rings. The van der Waals surface area contributed by atoms with Crippen molar-refractivity contribution in [3.05, 3.63) is 164 Å². The van der Waals surface area contributed by atoms with Crippen LogP contribution in [-0.2, 0) is 0 Å². The highest BCUT2D eigenvalue weighted by atomic mass is 16.3. The number of rotatable bonds is 5. The molecule has 0 saturated carbocycles. The van der Waals surface area contributed by atoms with Crippen molar-refractivity contribution < 1.29 is 4.42 Å². The third-order valence-corrected chi connectivity index (χ3v) is 8.73. The topological polar surface area (TPSA) is 51.8 Å². The van der Waals surface area contributed by atoms with Gasteiger partial charge in [0.1, 0.15) is 11.2 Å². The molecule has 220 valence electrons. The number of hydrogen-bond donors (Lipinski definition) is 0. The monoisotopic (exact) mass is 601 g/mol. The van der Waals surface area contributed by atoms with E-state index < -0.39 is 0 Å². The quantitative estimate of drug-likeness (QED) is 0.197. The van der Waals surface area contributed by atoms with Crippen molar-refractivity contribution in [2.24, 2.45) is 0 Å². The molecule has 47 heavy (non-hydrogen) atoms. The second kappa shape index (κ2) is 11.2. The van der Waals surface area contributed by atoms with Crippen LogP contribution in [-0.4, -0.2) is 15.0 Å². The summed E-state index contributed by atoms with van der Waals surface area (Å²) in [6, 6.07) is 56.4. The van der Waals surface area contributed by atoms with Gasteiger partial charge in [-0.15, -0.1) is 0 Å². The maximum Gasteiger partial charge on any atom is 0.164 e. The van der Waals surface area contributed by atoms with E-state index in [1.165, 1.54) is 10.9 Å². The molecule has 0 aliphatic heterocycles. The first-order valence-electron chi connectivity index (χ1n) is 15.7. The lowest BCUT2D eigenvalue weighted by Gasteiger charge is -2.10. The zero-order valence-electron chi connectivity index (χ0n) is 25.3. The average molecular weight is 602 g/mol. The third-order valence-electron chi connectivity index (χ3n) is 8.73. The first-order valence-corrected chi connectivity index (χ1v) is 15.7. The Hall–Kier alpha value is -6.39. The molecule has 0 unspecified atom stereocenters. The molecular weight excluding hydrogens is 574 g/mol. The lowest BCUT2D eigenvalue weighted by molar-refractivity contribution is 0.670. The van der Waals surface area contributed by atoms with Crippen LogP contribution in [0.3, 0.4) is 0 Å². The molecule has 0 aliphatic carbocycles. The van der Waals surface area contributed by atoms with E-state index in [-0.39, 0.29) is 0 Å². The van der Waals surface area contributed by atoms with Crippen LogP contribution in [0.2, 0.25) is 0 Å². The van der Waals surface area contributed by atoms with Gasteiger partial charge < -0.3 is 4.42 Å². The fraction of sp³-hybridized carbons (Fsp3) is 0. The van der Waals surface area contributed by atoms with Crippen LogP contribution in [0.4, 0.5) is 0 Å². The molecule has 0 saturated heterocycles. The number of para-hydroxylation sites is 1. The number of furan rings is 1.